The highest BCUT2D eigenvalue weighted by atomic mass is 16.3. The Morgan fingerprint density at radius 1 is 1.48 bits per heavy atom. The monoisotopic (exact) mass is 316 g/mol. The zero-order chi connectivity index (χ0) is 16.4. The molecule has 0 bridgehead atoms. The Labute approximate surface area is 136 Å². The summed E-state index contributed by atoms with van der Waals surface area (Å²) >= 11 is 0. The minimum absolute atomic E-state index is 0.0262. The minimum atomic E-state index is -0.0770. The smallest absolute Gasteiger partial charge is 0.318 e. The van der Waals surface area contributed by atoms with Crippen molar-refractivity contribution in [1.29, 1.82) is 0 Å². The van der Waals surface area contributed by atoms with Gasteiger partial charge in [0.05, 0.1) is 18.3 Å². The average molecular weight is 316 g/mol. The number of carbonyl (C=O) groups is 1. The Morgan fingerprint density at radius 2 is 2.30 bits per heavy atom. The lowest BCUT2D eigenvalue weighted by Crippen LogP contribution is -2.45. The van der Waals surface area contributed by atoms with Crippen LogP contribution in [0.5, 0.6) is 0 Å². The van der Waals surface area contributed by atoms with Gasteiger partial charge >= 0.3 is 6.03 Å². The third-order valence-electron chi connectivity index (χ3n) is 4.55. The molecule has 1 fully saturated rings. The molecule has 0 spiro atoms. The Bertz CT molecular complexity index is 662. The molecular weight excluding hydrogens is 292 g/mol. The number of hydrogen-bond donors (Lipinski definition) is 2. The summed E-state index contributed by atoms with van der Waals surface area (Å²) in [5.41, 5.74) is 2.11. The van der Waals surface area contributed by atoms with Crippen molar-refractivity contribution in [2.45, 2.75) is 52.1 Å². The third kappa shape index (κ3) is 3.25. The van der Waals surface area contributed by atoms with Gasteiger partial charge in [-0.3, -0.25) is 5.10 Å². The molecule has 23 heavy (non-hydrogen) atoms. The van der Waals surface area contributed by atoms with E-state index in [1.165, 1.54) is 0 Å². The van der Waals surface area contributed by atoms with Crippen LogP contribution in [-0.4, -0.2) is 27.7 Å². The van der Waals surface area contributed by atoms with E-state index >= 15 is 0 Å². The number of aromatic amines is 1. The minimum Gasteiger partial charge on any atom is -0.466 e. The van der Waals surface area contributed by atoms with Crippen molar-refractivity contribution in [3.63, 3.8) is 0 Å². The van der Waals surface area contributed by atoms with E-state index in [0.29, 0.717) is 0 Å². The fraction of sp³-hybridized carbons (Fsp3) is 0.529. The van der Waals surface area contributed by atoms with Crippen molar-refractivity contribution < 1.29 is 9.21 Å². The van der Waals surface area contributed by atoms with Crippen molar-refractivity contribution in [2.75, 3.05) is 6.54 Å². The largest absolute Gasteiger partial charge is 0.466 e. The first-order chi connectivity index (χ1) is 11.1. The van der Waals surface area contributed by atoms with Crippen LogP contribution in [0.2, 0.25) is 0 Å². The number of nitrogens with zero attached hydrogens (tertiary/aromatic N) is 2. The van der Waals surface area contributed by atoms with Crippen LogP contribution in [0.15, 0.2) is 22.9 Å². The number of rotatable bonds is 3. The normalized spacial score (nSPS) is 19.6. The lowest BCUT2D eigenvalue weighted by molar-refractivity contribution is 0.149. The molecule has 6 nitrogen and oxygen atoms in total. The molecule has 1 aliphatic rings. The summed E-state index contributed by atoms with van der Waals surface area (Å²) in [6, 6.07) is 1.99. The highest BCUT2D eigenvalue weighted by molar-refractivity contribution is 5.75. The molecule has 2 aromatic heterocycles. The highest BCUT2D eigenvalue weighted by Crippen LogP contribution is 2.31. The summed E-state index contributed by atoms with van der Waals surface area (Å²) in [7, 11) is 0. The average Bonchev–Trinajstić information content (AvgIpc) is 3.16. The highest BCUT2D eigenvalue weighted by Gasteiger charge is 2.29. The van der Waals surface area contributed by atoms with E-state index in [-0.39, 0.29) is 18.1 Å². The number of piperidine rings is 1. The Kier molecular flexibility index (Phi) is 4.41. The molecule has 3 rings (SSSR count). The molecular formula is C17H24N4O2. The summed E-state index contributed by atoms with van der Waals surface area (Å²) in [5, 5.41) is 9.97. The van der Waals surface area contributed by atoms with E-state index in [9.17, 15) is 4.79 Å². The van der Waals surface area contributed by atoms with Gasteiger partial charge in [-0.25, -0.2) is 4.79 Å². The van der Waals surface area contributed by atoms with Crippen LogP contribution >= 0.6 is 0 Å². The van der Waals surface area contributed by atoms with Gasteiger partial charge in [0, 0.05) is 23.9 Å². The molecule has 6 heteroatoms. The van der Waals surface area contributed by atoms with E-state index in [4.69, 9.17) is 4.42 Å². The maximum atomic E-state index is 12.8. The summed E-state index contributed by atoms with van der Waals surface area (Å²) < 4.78 is 5.57. The zero-order valence-corrected chi connectivity index (χ0v) is 13.9. The van der Waals surface area contributed by atoms with E-state index in [2.05, 4.69) is 15.5 Å². The third-order valence-corrected chi connectivity index (χ3v) is 4.55. The molecule has 1 aliphatic heterocycles. The number of H-pyrrole nitrogens is 1. The van der Waals surface area contributed by atoms with Crippen LogP contribution in [0.1, 0.15) is 60.9 Å². The molecule has 2 atom stereocenters. The number of likely N-dealkylation sites (tertiary alicyclic amines) is 1. The lowest BCUT2D eigenvalue weighted by Gasteiger charge is -2.36. The molecule has 2 N–H and O–H groups in total. The van der Waals surface area contributed by atoms with Crippen LogP contribution in [0, 0.1) is 13.8 Å². The number of aryl methyl sites for hydroxylation is 2. The summed E-state index contributed by atoms with van der Waals surface area (Å²) in [4.78, 5) is 14.7. The predicted molar refractivity (Wildman–Crippen MR) is 87.0 cm³/mol. The standard InChI is InChI=1S/C17H24N4O2/c1-11-8-15(13(3)23-11)12(2)20-17(22)21-7-5-4-6-16(21)14-9-18-19-10-14/h8-10,12,16H,4-7H2,1-3H3,(H,18,19)(H,20,22)/t12-,16+/m1/s1. The zero-order valence-electron chi connectivity index (χ0n) is 13.9. The topological polar surface area (TPSA) is 74.2 Å². The molecule has 1 saturated heterocycles. The number of aromatic nitrogens is 2. The Morgan fingerprint density at radius 3 is 2.96 bits per heavy atom. The van der Waals surface area contributed by atoms with Gasteiger partial charge in [0.1, 0.15) is 11.5 Å². The predicted octanol–water partition coefficient (Wildman–Crippen LogP) is 3.62. The van der Waals surface area contributed by atoms with Gasteiger partial charge in [-0.1, -0.05) is 0 Å². The Hall–Kier alpha value is -2.24. The van der Waals surface area contributed by atoms with Crippen LogP contribution in [0.4, 0.5) is 4.79 Å². The van der Waals surface area contributed by atoms with Crippen molar-refractivity contribution >= 4 is 6.03 Å². The van der Waals surface area contributed by atoms with Gasteiger partial charge in [0.25, 0.3) is 0 Å². The van der Waals surface area contributed by atoms with Gasteiger partial charge in [-0.05, 0) is 46.1 Å². The van der Waals surface area contributed by atoms with Gasteiger partial charge in [0.2, 0.25) is 0 Å². The molecule has 0 aliphatic carbocycles. The van der Waals surface area contributed by atoms with Crippen molar-refractivity contribution in [1.82, 2.24) is 20.4 Å². The quantitative estimate of drug-likeness (QED) is 0.908. The van der Waals surface area contributed by atoms with Crippen LogP contribution < -0.4 is 5.32 Å². The van der Waals surface area contributed by atoms with E-state index in [0.717, 1.165) is 48.5 Å². The number of hydrogen-bond acceptors (Lipinski definition) is 3. The van der Waals surface area contributed by atoms with Crippen LogP contribution in [-0.2, 0) is 0 Å². The molecule has 124 valence electrons. The summed E-state index contributed by atoms with van der Waals surface area (Å²) in [5.74, 6) is 1.73. The van der Waals surface area contributed by atoms with Gasteiger partial charge in [-0.2, -0.15) is 5.10 Å². The molecule has 0 saturated carbocycles. The first-order valence-corrected chi connectivity index (χ1v) is 8.19. The maximum absolute atomic E-state index is 12.8. The van der Waals surface area contributed by atoms with E-state index < -0.39 is 0 Å². The second-order valence-electron chi connectivity index (χ2n) is 6.28. The van der Waals surface area contributed by atoms with Gasteiger partial charge < -0.3 is 14.6 Å². The van der Waals surface area contributed by atoms with Crippen molar-refractivity contribution in [3.05, 3.63) is 41.1 Å². The number of amides is 2. The number of carbonyl (C=O) groups excluding carboxylic acids is 1. The van der Waals surface area contributed by atoms with Gasteiger partial charge in [-0.15, -0.1) is 0 Å². The Balaban J connectivity index is 1.72. The second-order valence-corrected chi connectivity index (χ2v) is 6.28. The summed E-state index contributed by atoms with van der Waals surface area (Å²) in [6.45, 7) is 6.62. The van der Waals surface area contributed by atoms with E-state index in [1.807, 2.05) is 44.1 Å². The van der Waals surface area contributed by atoms with Crippen LogP contribution in [0.25, 0.3) is 0 Å². The number of furan rings is 1. The molecule has 0 aromatic carbocycles. The first kappa shape index (κ1) is 15.6. The van der Waals surface area contributed by atoms with Gasteiger partial charge in [0.15, 0.2) is 0 Å². The molecule has 2 amide bonds. The van der Waals surface area contributed by atoms with Crippen molar-refractivity contribution in [3.8, 4) is 0 Å². The molecule has 0 radical (unpaired) electrons. The van der Waals surface area contributed by atoms with Crippen LogP contribution in [0.3, 0.4) is 0 Å². The molecule has 3 heterocycles. The molecule has 0 unspecified atom stereocenters. The fourth-order valence-corrected chi connectivity index (χ4v) is 3.39. The molecule has 2 aromatic rings. The van der Waals surface area contributed by atoms with Crippen molar-refractivity contribution in [2.24, 2.45) is 0 Å². The second kappa shape index (κ2) is 6.48. The number of nitrogens with one attached hydrogen (secondary N) is 2. The maximum Gasteiger partial charge on any atom is 0.318 e. The fourth-order valence-electron chi connectivity index (χ4n) is 3.39. The number of urea groups is 1. The summed E-state index contributed by atoms with van der Waals surface area (Å²) in [6.07, 6.45) is 6.84. The first-order valence-electron chi connectivity index (χ1n) is 8.19. The lowest BCUT2D eigenvalue weighted by atomic mass is 9.98. The SMILES string of the molecule is Cc1cc([C@@H](C)NC(=O)N2CCCC[C@H]2c2cn[nH]c2)c(C)o1. The van der Waals surface area contributed by atoms with E-state index in [1.54, 1.807) is 0 Å².